The zero-order valence-electron chi connectivity index (χ0n) is 11.0. The minimum absolute atomic E-state index is 0.400. The third-order valence-electron chi connectivity index (χ3n) is 3.70. The van der Waals surface area contributed by atoms with Crippen molar-refractivity contribution in [1.82, 2.24) is 9.38 Å². The van der Waals surface area contributed by atoms with Gasteiger partial charge in [-0.2, -0.15) is 0 Å². The fourth-order valence-corrected chi connectivity index (χ4v) is 3.46. The lowest BCUT2D eigenvalue weighted by Crippen LogP contribution is -2.24. The molecule has 5 heteroatoms. The van der Waals surface area contributed by atoms with E-state index in [9.17, 15) is 0 Å². The first-order valence-electron chi connectivity index (χ1n) is 6.50. The maximum atomic E-state index is 5.74. The normalized spacial score (nSPS) is 18.9. The van der Waals surface area contributed by atoms with Crippen molar-refractivity contribution in [2.24, 2.45) is 11.1 Å². The highest BCUT2D eigenvalue weighted by atomic mass is 32.1. The van der Waals surface area contributed by atoms with Crippen LogP contribution in [0.2, 0.25) is 0 Å². The van der Waals surface area contributed by atoms with E-state index in [0.29, 0.717) is 12.0 Å². The maximum Gasteiger partial charge on any atom is 0.195 e. The minimum atomic E-state index is 0.400. The van der Waals surface area contributed by atoms with Gasteiger partial charge in [-0.05, 0) is 18.4 Å². The minimum Gasteiger partial charge on any atom is -0.355 e. The van der Waals surface area contributed by atoms with Gasteiger partial charge >= 0.3 is 0 Å². The number of hydrogen-bond acceptors (Lipinski definition) is 4. The molecule has 98 valence electrons. The van der Waals surface area contributed by atoms with Crippen LogP contribution in [0.5, 0.6) is 0 Å². The molecule has 0 unspecified atom stereocenters. The Morgan fingerprint density at radius 3 is 3.00 bits per heavy atom. The van der Waals surface area contributed by atoms with E-state index in [4.69, 9.17) is 10.7 Å². The van der Waals surface area contributed by atoms with Gasteiger partial charge in [0.2, 0.25) is 0 Å². The van der Waals surface area contributed by atoms with E-state index in [2.05, 4.69) is 34.7 Å². The lowest BCUT2D eigenvalue weighted by atomic mass is 9.93. The predicted molar refractivity (Wildman–Crippen MR) is 76.4 cm³/mol. The average Bonchev–Trinajstić information content (AvgIpc) is 2.95. The van der Waals surface area contributed by atoms with Crippen molar-refractivity contribution >= 4 is 22.1 Å². The van der Waals surface area contributed by atoms with Gasteiger partial charge < -0.3 is 10.6 Å². The van der Waals surface area contributed by atoms with E-state index in [0.717, 1.165) is 30.3 Å². The number of fused-ring (bicyclic) bond motifs is 1. The van der Waals surface area contributed by atoms with Crippen LogP contribution < -0.4 is 10.6 Å². The maximum absolute atomic E-state index is 5.74. The van der Waals surface area contributed by atoms with Gasteiger partial charge in [0.25, 0.3) is 0 Å². The number of imidazole rings is 1. The zero-order valence-corrected chi connectivity index (χ0v) is 11.8. The van der Waals surface area contributed by atoms with Gasteiger partial charge in [0.05, 0.1) is 5.69 Å². The molecule has 0 aliphatic carbocycles. The number of thiazole rings is 1. The van der Waals surface area contributed by atoms with Gasteiger partial charge in [0, 0.05) is 31.1 Å². The van der Waals surface area contributed by atoms with Gasteiger partial charge in [-0.1, -0.05) is 13.8 Å². The van der Waals surface area contributed by atoms with Crippen molar-refractivity contribution in [1.29, 1.82) is 0 Å². The molecule has 1 fully saturated rings. The third-order valence-corrected chi connectivity index (χ3v) is 4.45. The fraction of sp³-hybridized carbons (Fsp3) is 0.615. The van der Waals surface area contributed by atoms with Crippen molar-refractivity contribution in [2.75, 3.05) is 24.5 Å². The smallest absolute Gasteiger partial charge is 0.195 e. The lowest BCUT2D eigenvalue weighted by Gasteiger charge is -2.20. The number of rotatable bonds is 3. The largest absolute Gasteiger partial charge is 0.355 e. The summed E-state index contributed by atoms with van der Waals surface area (Å²) < 4.78 is 2.19. The zero-order chi connectivity index (χ0) is 12.8. The first kappa shape index (κ1) is 12.0. The summed E-state index contributed by atoms with van der Waals surface area (Å²) in [4.78, 5) is 8.29. The van der Waals surface area contributed by atoms with E-state index >= 15 is 0 Å². The SMILES string of the molecule is CC1(C)CCN(c2nc3sccn3c2CCN)C1. The van der Waals surface area contributed by atoms with Crippen molar-refractivity contribution in [2.45, 2.75) is 26.7 Å². The Bertz CT molecular complexity index is 554. The van der Waals surface area contributed by atoms with Crippen LogP contribution in [-0.2, 0) is 6.42 Å². The lowest BCUT2D eigenvalue weighted by molar-refractivity contribution is 0.418. The van der Waals surface area contributed by atoms with E-state index < -0.39 is 0 Å². The van der Waals surface area contributed by atoms with E-state index in [-0.39, 0.29) is 0 Å². The van der Waals surface area contributed by atoms with E-state index in [1.54, 1.807) is 11.3 Å². The fourth-order valence-electron chi connectivity index (χ4n) is 2.74. The predicted octanol–water partition coefficient (Wildman–Crippen LogP) is 2.13. The molecule has 2 aromatic rings. The number of hydrogen-bond donors (Lipinski definition) is 1. The van der Waals surface area contributed by atoms with E-state index in [1.807, 2.05) is 0 Å². The molecule has 1 saturated heterocycles. The molecular formula is C13H20N4S. The highest BCUT2D eigenvalue weighted by Crippen LogP contribution is 2.34. The highest BCUT2D eigenvalue weighted by molar-refractivity contribution is 7.15. The van der Waals surface area contributed by atoms with Crippen molar-refractivity contribution in [3.8, 4) is 0 Å². The second-order valence-corrected chi connectivity index (χ2v) is 6.69. The molecule has 0 spiro atoms. The van der Waals surface area contributed by atoms with Crippen molar-refractivity contribution in [3.05, 3.63) is 17.3 Å². The molecule has 0 aromatic carbocycles. The monoisotopic (exact) mass is 264 g/mol. The molecule has 1 aliphatic heterocycles. The standard InChI is InChI=1S/C13H20N4S/c1-13(2)4-6-16(9-13)11-10(3-5-14)17-7-8-18-12(17)15-11/h7-8H,3-6,9,14H2,1-2H3. The van der Waals surface area contributed by atoms with Crippen molar-refractivity contribution in [3.63, 3.8) is 0 Å². The quantitative estimate of drug-likeness (QED) is 0.924. The summed E-state index contributed by atoms with van der Waals surface area (Å²) in [5.41, 5.74) is 7.41. The topological polar surface area (TPSA) is 46.6 Å². The molecule has 2 aromatic heterocycles. The van der Waals surface area contributed by atoms with Crippen molar-refractivity contribution < 1.29 is 0 Å². The number of aromatic nitrogens is 2. The summed E-state index contributed by atoms with van der Waals surface area (Å²) in [6.45, 7) is 7.53. The molecule has 1 aliphatic rings. The summed E-state index contributed by atoms with van der Waals surface area (Å²) >= 11 is 1.69. The molecule has 0 amide bonds. The Kier molecular flexibility index (Phi) is 2.83. The number of nitrogens with zero attached hydrogens (tertiary/aromatic N) is 3. The second-order valence-electron chi connectivity index (χ2n) is 5.81. The molecule has 0 saturated carbocycles. The molecule has 4 nitrogen and oxygen atoms in total. The molecular weight excluding hydrogens is 244 g/mol. The Morgan fingerprint density at radius 1 is 1.50 bits per heavy atom. The van der Waals surface area contributed by atoms with Crippen LogP contribution >= 0.6 is 11.3 Å². The molecule has 3 heterocycles. The van der Waals surface area contributed by atoms with Gasteiger partial charge in [-0.15, -0.1) is 11.3 Å². The van der Waals surface area contributed by atoms with Crippen LogP contribution in [0.3, 0.4) is 0 Å². The molecule has 3 rings (SSSR count). The van der Waals surface area contributed by atoms with Gasteiger partial charge in [0.1, 0.15) is 0 Å². The second kappa shape index (κ2) is 4.24. The third kappa shape index (κ3) is 1.91. The summed E-state index contributed by atoms with van der Waals surface area (Å²) in [7, 11) is 0. The van der Waals surface area contributed by atoms with Crippen LogP contribution in [0.4, 0.5) is 5.82 Å². The summed E-state index contributed by atoms with van der Waals surface area (Å²) in [5.74, 6) is 1.15. The van der Waals surface area contributed by atoms with Crippen LogP contribution in [0.15, 0.2) is 11.6 Å². The Hall–Kier alpha value is -1.07. The van der Waals surface area contributed by atoms with Gasteiger partial charge in [0.15, 0.2) is 10.8 Å². The summed E-state index contributed by atoms with van der Waals surface area (Å²) in [6, 6.07) is 0. The highest BCUT2D eigenvalue weighted by Gasteiger charge is 2.32. The van der Waals surface area contributed by atoms with Crippen LogP contribution in [0.25, 0.3) is 4.96 Å². The summed E-state index contributed by atoms with van der Waals surface area (Å²) in [5, 5.41) is 2.08. The van der Waals surface area contributed by atoms with Gasteiger partial charge in [-0.3, -0.25) is 4.40 Å². The molecule has 2 N–H and O–H groups in total. The summed E-state index contributed by atoms with van der Waals surface area (Å²) in [6.07, 6.45) is 4.23. The number of anilines is 1. The Balaban J connectivity index is 2.00. The van der Waals surface area contributed by atoms with E-state index in [1.165, 1.54) is 12.1 Å². The molecule has 0 atom stereocenters. The van der Waals surface area contributed by atoms with Crippen LogP contribution in [0, 0.1) is 5.41 Å². The Labute approximate surface area is 111 Å². The van der Waals surface area contributed by atoms with Gasteiger partial charge in [-0.25, -0.2) is 4.98 Å². The molecule has 0 radical (unpaired) electrons. The Morgan fingerprint density at radius 2 is 2.33 bits per heavy atom. The number of nitrogens with two attached hydrogens (primary N) is 1. The van der Waals surface area contributed by atoms with Crippen LogP contribution in [0.1, 0.15) is 26.0 Å². The van der Waals surface area contributed by atoms with Crippen LogP contribution in [-0.4, -0.2) is 29.0 Å². The first-order valence-corrected chi connectivity index (χ1v) is 7.38. The first-order chi connectivity index (χ1) is 8.61. The molecule has 18 heavy (non-hydrogen) atoms. The average molecular weight is 264 g/mol. The molecule has 0 bridgehead atoms.